The molecule has 18 heteroatoms. The van der Waals surface area contributed by atoms with Crippen LogP contribution < -0.4 is 10.6 Å². The molecular formula is C57H56ClFN6O10. The number of nitrogens with zero attached hydrogens (tertiary/aromatic N) is 4. The van der Waals surface area contributed by atoms with Crippen LogP contribution in [0.5, 0.6) is 0 Å². The Bertz CT molecular complexity index is 3280. The maximum absolute atomic E-state index is 14.6. The number of nitrogens with one attached hydrogen (secondary N) is 2. The van der Waals surface area contributed by atoms with Crippen LogP contribution >= 0.6 is 11.6 Å². The van der Waals surface area contributed by atoms with E-state index in [2.05, 4.69) is 69.0 Å². The van der Waals surface area contributed by atoms with Crippen LogP contribution in [0.2, 0.25) is 5.02 Å². The smallest absolute Gasteiger partial charge is 0.305 e. The third-order valence-electron chi connectivity index (χ3n) is 11.5. The van der Waals surface area contributed by atoms with Gasteiger partial charge in [-0.05, 0) is 106 Å². The van der Waals surface area contributed by atoms with E-state index in [0.29, 0.717) is 41.6 Å². The number of halogens is 2. The minimum Gasteiger partial charge on any atom is -0.481 e. The molecular weight excluding hydrogens is 983 g/mol. The number of benzene rings is 6. The normalized spacial score (nSPS) is 10.7. The molecule has 4 N–H and O–H groups in total. The average molecular weight is 1040 g/mol. The fraction of sp³-hybridized carbons (Fsp3) is 0.228. The van der Waals surface area contributed by atoms with Gasteiger partial charge < -0.3 is 39.4 Å². The highest BCUT2D eigenvalue weighted by molar-refractivity contribution is 6.34. The van der Waals surface area contributed by atoms with Crippen molar-refractivity contribution in [2.75, 3.05) is 27.3 Å². The molecule has 0 saturated heterocycles. The minimum absolute atomic E-state index is 0.00807. The van der Waals surface area contributed by atoms with Crippen LogP contribution in [-0.4, -0.2) is 81.6 Å². The summed E-state index contributed by atoms with van der Waals surface area (Å²) in [6.45, 7) is 8.91. The summed E-state index contributed by atoms with van der Waals surface area (Å²) in [6, 6.07) is 36.8. The van der Waals surface area contributed by atoms with Crippen LogP contribution in [-0.2, 0) is 38.7 Å². The van der Waals surface area contributed by atoms with Gasteiger partial charge in [-0.15, -0.1) is 0 Å². The maximum atomic E-state index is 14.6. The van der Waals surface area contributed by atoms with Crippen LogP contribution in [0, 0.1) is 12.7 Å². The van der Waals surface area contributed by atoms with Crippen LogP contribution in [0.15, 0.2) is 130 Å². The molecule has 2 aromatic heterocycles. The number of amides is 2. The number of hydrogen-bond donors (Lipinski definition) is 4. The molecule has 0 saturated carbocycles. The lowest BCUT2D eigenvalue weighted by Crippen LogP contribution is -2.26. The van der Waals surface area contributed by atoms with Crippen molar-refractivity contribution in [1.82, 2.24) is 30.9 Å². The van der Waals surface area contributed by atoms with E-state index in [1.165, 1.54) is 29.3 Å². The van der Waals surface area contributed by atoms with E-state index in [1.807, 2.05) is 74.5 Å². The zero-order chi connectivity index (χ0) is 54.0. The van der Waals surface area contributed by atoms with Crippen LogP contribution in [0.4, 0.5) is 4.39 Å². The maximum Gasteiger partial charge on any atom is 0.305 e. The summed E-state index contributed by atoms with van der Waals surface area (Å²) in [7, 11) is 3.29. The van der Waals surface area contributed by atoms with Gasteiger partial charge in [0.1, 0.15) is 5.82 Å². The Morgan fingerprint density at radius 1 is 0.587 bits per heavy atom. The lowest BCUT2D eigenvalue weighted by molar-refractivity contribution is -0.137. The van der Waals surface area contributed by atoms with E-state index in [1.54, 1.807) is 26.4 Å². The third kappa shape index (κ3) is 14.4. The largest absolute Gasteiger partial charge is 0.481 e. The number of carboxylic acids is 2. The van der Waals surface area contributed by atoms with Crippen molar-refractivity contribution in [3.05, 3.63) is 166 Å². The Morgan fingerprint density at radius 2 is 1.04 bits per heavy atom. The van der Waals surface area contributed by atoms with E-state index in [-0.39, 0.29) is 53.8 Å². The first-order valence-corrected chi connectivity index (χ1v) is 24.3. The van der Waals surface area contributed by atoms with E-state index in [9.17, 15) is 23.6 Å². The number of carbonyl (C=O) groups is 4. The highest BCUT2D eigenvalue weighted by Gasteiger charge is 2.20. The molecule has 388 valence electrons. The lowest BCUT2D eigenvalue weighted by atomic mass is 9.93. The molecule has 0 spiro atoms. The second-order valence-electron chi connectivity index (χ2n) is 16.5. The molecule has 2 amide bonds. The first kappa shape index (κ1) is 55.9. The number of methoxy groups -OCH3 is 2. The van der Waals surface area contributed by atoms with Crippen LogP contribution in [0.1, 0.15) is 76.6 Å². The Hall–Kier alpha value is -8.38. The van der Waals surface area contributed by atoms with Gasteiger partial charge in [0.2, 0.25) is 11.6 Å². The molecule has 0 aliphatic rings. The van der Waals surface area contributed by atoms with Crippen LogP contribution in [0.3, 0.4) is 0 Å². The highest BCUT2D eigenvalue weighted by atomic mass is 35.5. The summed E-state index contributed by atoms with van der Waals surface area (Å²) in [5.41, 5.74) is 11.1. The molecule has 75 heavy (non-hydrogen) atoms. The fourth-order valence-electron chi connectivity index (χ4n) is 7.84. The van der Waals surface area contributed by atoms with E-state index in [4.69, 9.17) is 40.3 Å². The van der Waals surface area contributed by atoms with Crippen LogP contribution in [0.25, 0.3) is 67.9 Å². The van der Waals surface area contributed by atoms with Gasteiger partial charge in [0.05, 0.1) is 42.2 Å². The number of rotatable bonds is 19. The second kappa shape index (κ2) is 27.1. The Kier molecular flexibility index (Phi) is 20.2. The molecule has 0 aliphatic carbocycles. The van der Waals surface area contributed by atoms with Crippen molar-refractivity contribution in [2.24, 2.45) is 0 Å². The van der Waals surface area contributed by atoms with Crippen molar-refractivity contribution in [3.8, 4) is 67.9 Å². The first-order valence-electron chi connectivity index (χ1n) is 23.9. The monoisotopic (exact) mass is 1040 g/mol. The van der Waals surface area contributed by atoms with Gasteiger partial charge in [0.15, 0.2) is 0 Å². The topological polar surface area (TPSA) is 229 Å². The molecule has 6 aromatic carbocycles. The summed E-state index contributed by atoms with van der Waals surface area (Å²) in [5.74, 6) is -2.90. The molecule has 2 heterocycles. The number of aromatic nitrogens is 4. The summed E-state index contributed by atoms with van der Waals surface area (Å²) in [6.07, 6.45) is 0.469. The van der Waals surface area contributed by atoms with Gasteiger partial charge >= 0.3 is 11.9 Å². The zero-order valence-corrected chi connectivity index (χ0v) is 43.0. The standard InChI is InChI=1S/C28H26FN3O5.C27H24ClN3O5.C2H6/c1-3-17-6-4-5-7-21(17)22-10-9-19(14-20(22)16-36-2)28-31-26(32-37-28)18-8-11-23(24(29)15-18)27(35)30-13-12-25(33)34;1-16-5-3-4-6-20(16)21-9-8-18(13-19(21)15-35-2)27-30-25(31-36-27)17-7-10-22(23(28)14-17)26(34)29-12-11-24(32)33;1-2/h4-11,14-15H,3,12-13,16H2,1-2H3,(H,30,35)(H,33,34);3-10,13-14H,11-12,15H2,1-2H3,(H,29,34)(H,32,33);1-2H3. The number of carbonyl (C=O) groups excluding carboxylic acids is 2. The molecule has 0 fully saturated rings. The Balaban J connectivity index is 0.000000236. The summed E-state index contributed by atoms with van der Waals surface area (Å²) >= 11 is 6.31. The molecule has 16 nitrogen and oxygen atoms in total. The predicted octanol–water partition coefficient (Wildman–Crippen LogP) is 11.5. The van der Waals surface area contributed by atoms with Gasteiger partial charge in [-0.2, -0.15) is 9.97 Å². The molecule has 0 bridgehead atoms. The number of aliphatic carboxylic acids is 2. The van der Waals surface area contributed by atoms with Gasteiger partial charge in [-0.1, -0.05) is 115 Å². The van der Waals surface area contributed by atoms with E-state index in [0.717, 1.165) is 51.4 Å². The first-order chi connectivity index (χ1) is 36.3. The summed E-state index contributed by atoms with van der Waals surface area (Å²) in [5, 5.41) is 30.5. The second-order valence-corrected chi connectivity index (χ2v) is 16.9. The summed E-state index contributed by atoms with van der Waals surface area (Å²) < 4.78 is 36.5. The molecule has 8 rings (SSSR count). The van der Waals surface area contributed by atoms with Crippen molar-refractivity contribution < 1.29 is 52.3 Å². The van der Waals surface area contributed by atoms with Gasteiger partial charge in [-0.25, -0.2) is 4.39 Å². The average Bonchev–Trinajstić information content (AvgIpc) is 4.12. The third-order valence-corrected chi connectivity index (χ3v) is 11.8. The molecule has 0 atom stereocenters. The number of carboxylic acid groups (broad SMARTS) is 2. The number of hydrogen-bond acceptors (Lipinski definition) is 12. The fourth-order valence-corrected chi connectivity index (χ4v) is 8.11. The Labute approximate surface area is 437 Å². The summed E-state index contributed by atoms with van der Waals surface area (Å²) in [4.78, 5) is 54.6. The lowest BCUT2D eigenvalue weighted by Gasteiger charge is -2.13. The van der Waals surface area contributed by atoms with E-state index < -0.39 is 29.6 Å². The van der Waals surface area contributed by atoms with Gasteiger partial charge in [0.25, 0.3) is 23.6 Å². The van der Waals surface area contributed by atoms with Crippen molar-refractivity contribution in [3.63, 3.8) is 0 Å². The van der Waals surface area contributed by atoms with E-state index >= 15 is 0 Å². The van der Waals surface area contributed by atoms with Crippen molar-refractivity contribution in [2.45, 2.75) is 60.2 Å². The Morgan fingerprint density at radius 3 is 1.53 bits per heavy atom. The van der Waals surface area contributed by atoms with Gasteiger partial charge in [-0.3, -0.25) is 19.2 Å². The van der Waals surface area contributed by atoms with Crippen molar-refractivity contribution >= 4 is 35.4 Å². The highest BCUT2D eigenvalue weighted by Crippen LogP contribution is 2.34. The predicted molar refractivity (Wildman–Crippen MR) is 282 cm³/mol. The number of aryl methyl sites for hydroxylation is 2. The molecule has 0 radical (unpaired) electrons. The molecule has 8 aromatic rings. The van der Waals surface area contributed by atoms with Gasteiger partial charge in [0, 0.05) is 49.6 Å². The SMILES string of the molecule is CC.CCc1ccccc1-c1ccc(-c2nc(-c3ccc(C(=O)NCCC(=O)O)c(F)c3)no2)cc1COC.COCc1cc(-c2nc(-c3ccc(C(=O)NCCC(=O)O)c(Cl)c3)no2)ccc1-c1ccccc1C. The minimum atomic E-state index is -1.06. The molecule has 0 unspecified atom stereocenters. The van der Waals surface area contributed by atoms with Crippen molar-refractivity contribution in [1.29, 1.82) is 0 Å². The number of ether oxygens (including phenoxy) is 2. The molecule has 0 aliphatic heterocycles. The zero-order valence-electron chi connectivity index (χ0n) is 42.2. The quantitative estimate of drug-likeness (QED) is 0.0591.